The van der Waals surface area contributed by atoms with E-state index in [-0.39, 0.29) is 12.5 Å². The lowest BCUT2D eigenvalue weighted by atomic mass is 10.0. The average Bonchev–Trinajstić information content (AvgIpc) is 2.42. The Balaban J connectivity index is 2.24. The highest BCUT2D eigenvalue weighted by molar-refractivity contribution is 5.89. The Morgan fingerprint density at radius 1 is 1.19 bits per heavy atom. The van der Waals surface area contributed by atoms with E-state index in [2.05, 4.69) is 24.5 Å². The quantitative estimate of drug-likeness (QED) is 0.641. The van der Waals surface area contributed by atoms with E-state index in [1.54, 1.807) is 0 Å². The fourth-order valence-electron chi connectivity index (χ4n) is 1.93. The number of unbranched alkanes of at least 4 members (excludes halogenated alkanes) is 2. The fourth-order valence-corrected chi connectivity index (χ4v) is 1.93. The standard InChI is InChI=1S/C16H24N2O3/c1-12(2)13-7-6-8-14(11-13)18-16(21)17-10-5-3-4-9-15(19)20/h6-8,11-12H,3-5,9-10H2,1-2H3,(H,19,20)(H2,17,18,21). The number of hydrogen-bond acceptors (Lipinski definition) is 2. The molecule has 5 nitrogen and oxygen atoms in total. The lowest BCUT2D eigenvalue weighted by molar-refractivity contribution is -0.137. The van der Waals surface area contributed by atoms with Crippen LogP contribution in [0.3, 0.4) is 0 Å². The second kappa shape index (κ2) is 9.00. The number of rotatable bonds is 8. The average molecular weight is 292 g/mol. The van der Waals surface area contributed by atoms with Crippen LogP contribution in [0, 0.1) is 0 Å². The third kappa shape index (κ3) is 7.34. The van der Waals surface area contributed by atoms with Crippen molar-refractivity contribution in [1.29, 1.82) is 0 Å². The molecule has 1 rings (SSSR count). The largest absolute Gasteiger partial charge is 0.481 e. The zero-order chi connectivity index (χ0) is 15.7. The third-order valence-electron chi connectivity index (χ3n) is 3.16. The second-order valence-electron chi connectivity index (χ2n) is 5.37. The smallest absolute Gasteiger partial charge is 0.319 e. The second-order valence-corrected chi connectivity index (χ2v) is 5.37. The maximum Gasteiger partial charge on any atom is 0.319 e. The van der Waals surface area contributed by atoms with Crippen LogP contribution >= 0.6 is 0 Å². The summed E-state index contributed by atoms with van der Waals surface area (Å²) in [5, 5.41) is 14.1. The minimum Gasteiger partial charge on any atom is -0.481 e. The Morgan fingerprint density at radius 2 is 1.95 bits per heavy atom. The Labute approximate surface area is 125 Å². The molecule has 2 amide bonds. The Kier molecular flexibility index (Phi) is 7.29. The number of amides is 2. The molecule has 116 valence electrons. The van der Waals surface area contributed by atoms with Gasteiger partial charge in [0.2, 0.25) is 0 Å². The zero-order valence-corrected chi connectivity index (χ0v) is 12.7. The topological polar surface area (TPSA) is 78.4 Å². The van der Waals surface area contributed by atoms with Gasteiger partial charge in [-0.15, -0.1) is 0 Å². The minimum absolute atomic E-state index is 0.189. The normalized spacial score (nSPS) is 10.4. The van der Waals surface area contributed by atoms with E-state index in [1.807, 2.05) is 24.3 Å². The Morgan fingerprint density at radius 3 is 2.62 bits per heavy atom. The summed E-state index contributed by atoms with van der Waals surface area (Å²) in [5.74, 6) is -0.352. The SMILES string of the molecule is CC(C)c1cccc(NC(=O)NCCCCCC(=O)O)c1. The van der Waals surface area contributed by atoms with E-state index in [4.69, 9.17) is 5.11 Å². The third-order valence-corrected chi connectivity index (χ3v) is 3.16. The number of carboxylic acid groups (broad SMARTS) is 1. The molecule has 0 heterocycles. The molecule has 21 heavy (non-hydrogen) atoms. The maximum absolute atomic E-state index is 11.7. The molecular weight excluding hydrogens is 268 g/mol. The lowest BCUT2D eigenvalue weighted by Gasteiger charge is -2.10. The van der Waals surface area contributed by atoms with E-state index >= 15 is 0 Å². The molecule has 0 aliphatic heterocycles. The predicted octanol–water partition coefficient (Wildman–Crippen LogP) is 3.58. The predicted molar refractivity (Wildman–Crippen MR) is 83.7 cm³/mol. The van der Waals surface area contributed by atoms with Gasteiger partial charge >= 0.3 is 12.0 Å². The molecule has 0 unspecified atom stereocenters. The van der Waals surface area contributed by atoms with Gasteiger partial charge in [-0.1, -0.05) is 32.4 Å². The molecule has 1 aromatic rings. The summed E-state index contributed by atoms with van der Waals surface area (Å²) in [4.78, 5) is 22.1. The van der Waals surface area contributed by atoms with E-state index in [1.165, 1.54) is 5.56 Å². The molecule has 0 aromatic heterocycles. The summed E-state index contributed by atoms with van der Waals surface area (Å²) in [6.07, 6.45) is 2.42. The van der Waals surface area contributed by atoms with Gasteiger partial charge in [0.25, 0.3) is 0 Å². The molecule has 0 radical (unpaired) electrons. The summed E-state index contributed by atoms with van der Waals surface area (Å²) < 4.78 is 0. The number of urea groups is 1. The van der Waals surface area contributed by atoms with Crippen molar-refractivity contribution in [1.82, 2.24) is 5.32 Å². The molecule has 0 spiro atoms. The number of nitrogens with one attached hydrogen (secondary N) is 2. The number of aliphatic carboxylic acids is 1. The molecule has 0 saturated heterocycles. The van der Waals surface area contributed by atoms with Gasteiger partial charge in [0.1, 0.15) is 0 Å². The van der Waals surface area contributed by atoms with E-state index in [9.17, 15) is 9.59 Å². The summed E-state index contributed by atoms with van der Waals surface area (Å²) in [7, 11) is 0. The molecule has 0 atom stereocenters. The van der Waals surface area contributed by atoms with Crippen molar-refractivity contribution in [2.45, 2.75) is 45.4 Å². The number of benzene rings is 1. The van der Waals surface area contributed by atoms with Gasteiger partial charge in [-0.2, -0.15) is 0 Å². The van der Waals surface area contributed by atoms with Gasteiger partial charge in [-0.05, 0) is 36.5 Å². The monoisotopic (exact) mass is 292 g/mol. The van der Waals surface area contributed by atoms with Crippen LogP contribution in [-0.4, -0.2) is 23.7 Å². The highest BCUT2D eigenvalue weighted by Crippen LogP contribution is 2.18. The first-order chi connectivity index (χ1) is 9.99. The molecule has 0 saturated carbocycles. The van der Waals surface area contributed by atoms with Crippen molar-refractivity contribution in [3.63, 3.8) is 0 Å². The summed E-state index contributed by atoms with van der Waals surface area (Å²) >= 11 is 0. The van der Waals surface area contributed by atoms with Crippen LogP contribution in [0.15, 0.2) is 24.3 Å². The van der Waals surface area contributed by atoms with Crippen LogP contribution in [0.25, 0.3) is 0 Å². The van der Waals surface area contributed by atoms with Crippen LogP contribution in [0.4, 0.5) is 10.5 Å². The lowest BCUT2D eigenvalue weighted by Crippen LogP contribution is -2.29. The maximum atomic E-state index is 11.7. The first-order valence-electron chi connectivity index (χ1n) is 7.35. The highest BCUT2D eigenvalue weighted by atomic mass is 16.4. The first kappa shape index (κ1) is 17.0. The van der Waals surface area contributed by atoms with Crippen LogP contribution in [0.2, 0.25) is 0 Å². The minimum atomic E-state index is -0.772. The number of carbonyl (C=O) groups excluding carboxylic acids is 1. The number of hydrogen-bond donors (Lipinski definition) is 3. The van der Waals surface area contributed by atoms with Gasteiger partial charge in [0.15, 0.2) is 0 Å². The van der Waals surface area contributed by atoms with E-state index in [0.29, 0.717) is 18.9 Å². The van der Waals surface area contributed by atoms with Gasteiger partial charge in [0, 0.05) is 18.7 Å². The van der Waals surface area contributed by atoms with Crippen LogP contribution < -0.4 is 10.6 Å². The van der Waals surface area contributed by atoms with E-state index < -0.39 is 5.97 Å². The van der Waals surface area contributed by atoms with Crippen molar-refractivity contribution in [2.75, 3.05) is 11.9 Å². The van der Waals surface area contributed by atoms with Crippen molar-refractivity contribution >= 4 is 17.7 Å². The zero-order valence-electron chi connectivity index (χ0n) is 12.7. The van der Waals surface area contributed by atoms with Crippen molar-refractivity contribution in [3.8, 4) is 0 Å². The fraction of sp³-hybridized carbons (Fsp3) is 0.500. The van der Waals surface area contributed by atoms with Crippen molar-refractivity contribution in [3.05, 3.63) is 29.8 Å². The summed E-state index contributed by atoms with van der Waals surface area (Å²) in [6, 6.07) is 7.57. The molecule has 3 N–H and O–H groups in total. The number of carbonyl (C=O) groups is 2. The molecule has 0 aliphatic carbocycles. The molecule has 0 aliphatic rings. The number of anilines is 1. The molecule has 0 fully saturated rings. The molecule has 1 aromatic carbocycles. The van der Waals surface area contributed by atoms with Gasteiger partial charge in [0.05, 0.1) is 0 Å². The van der Waals surface area contributed by atoms with Gasteiger partial charge in [-0.25, -0.2) is 4.79 Å². The highest BCUT2D eigenvalue weighted by Gasteiger charge is 2.04. The van der Waals surface area contributed by atoms with Crippen LogP contribution in [0.5, 0.6) is 0 Å². The molecule has 0 bridgehead atoms. The van der Waals surface area contributed by atoms with Crippen molar-refractivity contribution in [2.24, 2.45) is 0 Å². The molecule has 5 heteroatoms. The van der Waals surface area contributed by atoms with Crippen LogP contribution in [-0.2, 0) is 4.79 Å². The summed E-state index contributed by atoms with van der Waals surface area (Å²) in [5.41, 5.74) is 1.96. The van der Waals surface area contributed by atoms with Gasteiger partial charge < -0.3 is 15.7 Å². The van der Waals surface area contributed by atoms with Crippen LogP contribution in [0.1, 0.15) is 51.0 Å². The number of carboxylic acids is 1. The first-order valence-corrected chi connectivity index (χ1v) is 7.35. The molecular formula is C16H24N2O3. The summed E-state index contributed by atoms with van der Waals surface area (Å²) in [6.45, 7) is 4.77. The Bertz CT molecular complexity index is 472. The Hall–Kier alpha value is -2.04. The van der Waals surface area contributed by atoms with E-state index in [0.717, 1.165) is 18.5 Å². The van der Waals surface area contributed by atoms with Gasteiger partial charge in [-0.3, -0.25) is 4.79 Å². The van der Waals surface area contributed by atoms with Crippen molar-refractivity contribution < 1.29 is 14.7 Å².